The number of nitro groups is 1. The molecule has 0 radical (unpaired) electrons. The molecule has 1 aromatic carbocycles. The third kappa shape index (κ3) is 2.97. The van der Waals surface area contributed by atoms with Gasteiger partial charge in [-0.2, -0.15) is 0 Å². The summed E-state index contributed by atoms with van der Waals surface area (Å²) >= 11 is 3.10. The highest BCUT2D eigenvalue weighted by atomic mass is 79.9. The first-order valence-electron chi connectivity index (χ1n) is 5.35. The number of hydrogen-bond acceptors (Lipinski definition) is 4. The van der Waals surface area contributed by atoms with Gasteiger partial charge in [0.05, 0.1) is 22.2 Å². The van der Waals surface area contributed by atoms with Crippen LogP contribution >= 0.6 is 15.9 Å². The lowest BCUT2D eigenvalue weighted by atomic mass is 10.2. The molecule has 0 unspecified atom stereocenters. The molecule has 0 spiro atoms. The predicted molar refractivity (Wildman–Crippen MR) is 72.9 cm³/mol. The van der Waals surface area contributed by atoms with E-state index in [4.69, 9.17) is 0 Å². The van der Waals surface area contributed by atoms with Gasteiger partial charge in [0.25, 0.3) is 11.6 Å². The van der Waals surface area contributed by atoms with Gasteiger partial charge in [0, 0.05) is 12.3 Å². The molecule has 1 aromatic heterocycles. The first-order valence-corrected chi connectivity index (χ1v) is 6.14. The van der Waals surface area contributed by atoms with Crippen LogP contribution in [0.15, 0.2) is 41.1 Å². The molecule has 0 aliphatic carbocycles. The Morgan fingerprint density at radius 1 is 1.40 bits per heavy atom. The first-order chi connectivity index (χ1) is 9.49. The number of nitro benzene ring substituents is 1. The van der Waals surface area contributed by atoms with Gasteiger partial charge >= 0.3 is 0 Å². The second kappa shape index (κ2) is 5.74. The van der Waals surface area contributed by atoms with Gasteiger partial charge in [-0.15, -0.1) is 0 Å². The van der Waals surface area contributed by atoms with Crippen molar-refractivity contribution in [2.45, 2.75) is 0 Å². The Morgan fingerprint density at radius 2 is 2.15 bits per heavy atom. The minimum atomic E-state index is -0.882. The van der Waals surface area contributed by atoms with Crippen molar-refractivity contribution in [3.05, 3.63) is 62.6 Å². The maximum absolute atomic E-state index is 13.6. The van der Waals surface area contributed by atoms with Crippen molar-refractivity contribution in [3.63, 3.8) is 0 Å². The molecule has 0 fully saturated rings. The topological polar surface area (TPSA) is 85.1 Å². The SMILES string of the molecule is O=C(Nc1ccc([N+](=O)[O-])cc1F)c1cccnc1Br. The molecule has 1 N–H and O–H groups in total. The van der Waals surface area contributed by atoms with Gasteiger partial charge in [-0.1, -0.05) is 0 Å². The van der Waals surface area contributed by atoms with Crippen molar-refractivity contribution in [1.29, 1.82) is 0 Å². The molecular formula is C12H7BrFN3O3. The highest BCUT2D eigenvalue weighted by Gasteiger charge is 2.15. The first kappa shape index (κ1) is 14.1. The summed E-state index contributed by atoms with van der Waals surface area (Å²) in [6.45, 7) is 0. The second-order valence-corrected chi connectivity index (χ2v) is 4.47. The quantitative estimate of drug-likeness (QED) is 0.528. The molecule has 20 heavy (non-hydrogen) atoms. The third-order valence-corrected chi connectivity index (χ3v) is 3.05. The van der Waals surface area contributed by atoms with Crippen LogP contribution in [-0.4, -0.2) is 15.8 Å². The standard InChI is InChI=1S/C12H7BrFN3O3/c13-11-8(2-1-5-15-11)12(18)16-10-4-3-7(17(19)20)6-9(10)14/h1-6H,(H,16,18). The van der Waals surface area contributed by atoms with E-state index in [1.165, 1.54) is 12.3 Å². The summed E-state index contributed by atoms with van der Waals surface area (Å²) in [4.78, 5) is 25.6. The summed E-state index contributed by atoms with van der Waals surface area (Å²) in [6, 6.07) is 6.06. The Balaban J connectivity index is 2.25. The third-order valence-electron chi connectivity index (χ3n) is 2.42. The Kier molecular flexibility index (Phi) is 4.04. The number of hydrogen-bond donors (Lipinski definition) is 1. The second-order valence-electron chi connectivity index (χ2n) is 3.72. The highest BCUT2D eigenvalue weighted by Crippen LogP contribution is 2.22. The molecule has 2 rings (SSSR count). The lowest BCUT2D eigenvalue weighted by Crippen LogP contribution is -2.14. The summed E-state index contributed by atoms with van der Waals surface area (Å²) in [5.41, 5.74) is -0.301. The van der Waals surface area contributed by atoms with Crippen LogP contribution in [-0.2, 0) is 0 Å². The van der Waals surface area contributed by atoms with E-state index in [0.29, 0.717) is 4.60 Å². The normalized spacial score (nSPS) is 10.1. The Morgan fingerprint density at radius 3 is 2.75 bits per heavy atom. The molecule has 1 amide bonds. The number of non-ortho nitro benzene ring substituents is 1. The van der Waals surface area contributed by atoms with Crippen LogP contribution in [0.25, 0.3) is 0 Å². The molecule has 0 saturated heterocycles. The smallest absolute Gasteiger partial charge is 0.272 e. The molecule has 102 valence electrons. The Labute approximate surface area is 120 Å². The summed E-state index contributed by atoms with van der Waals surface area (Å²) in [5, 5.41) is 12.8. The zero-order valence-corrected chi connectivity index (χ0v) is 11.4. The van der Waals surface area contributed by atoms with E-state index in [9.17, 15) is 19.3 Å². The monoisotopic (exact) mass is 339 g/mol. The molecule has 2 aromatic rings. The number of aromatic nitrogens is 1. The lowest BCUT2D eigenvalue weighted by Gasteiger charge is -2.07. The van der Waals surface area contributed by atoms with Crippen LogP contribution < -0.4 is 5.32 Å². The van der Waals surface area contributed by atoms with Crippen molar-refractivity contribution in [1.82, 2.24) is 4.98 Å². The molecule has 0 bridgehead atoms. The molecule has 8 heteroatoms. The van der Waals surface area contributed by atoms with Gasteiger partial charge in [-0.25, -0.2) is 9.37 Å². The van der Waals surface area contributed by atoms with Crippen molar-refractivity contribution in [2.24, 2.45) is 0 Å². The van der Waals surface area contributed by atoms with Crippen molar-refractivity contribution in [3.8, 4) is 0 Å². The molecule has 1 heterocycles. The number of nitrogens with one attached hydrogen (secondary N) is 1. The van der Waals surface area contributed by atoms with E-state index in [-0.39, 0.29) is 16.9 Å². The zero-order chi connectivity index (χ0) is 14.7. The summed E-state index contributed by atoms with van der Waals surface area (Å²) in [6.07, 6.45) is 1.49. The molecule has 6 nitrogen and oxygen atoms in total. The van der Waals surface area contributed by atoms with Gasteiger partial charge < -0.3 is 5.32 Å². The van der Waals surface area contributed by atoms with Crippen LogP contribution in [0.3, 0.4) is 0 Å². The van der Waals surface area contributed by atoms with E-state index in [1.54, 1.807) is 6.07 Å². The van der Waals surface area contributed by atoms with E-state index < -0.39 is 16.6 Å². The zero-order valence-electron chi connectivity index (χ0n) is 9.84. The van der Waals surface area contributed by atoms with Gasteiger partial charge in [0.1, 0.15) is 4.60 Å². The highest BCUT2D eigenvalue weighted by molar-refractivity contribution is 9.10. The molecule has 0 atom stereocenters. The van der Waals surface area contributed by atoms with E-state index >= 15 is 0 Å². The molecule has 0 saturated carbocycles. The van der Waals surface area contributed by atoms with Gasteiger partial charge in [-0.3, -0.25) is 14.9 Å². The summed E-state index contributed by atoms with van der Waals surface area (Å²) in [7, 11) is 0. The average Bonchev–Trinajstić information content (AvgIpc) is 2.41. The minimum Gasteiger partial charge on any atom is -0.319 e. The van der Waals surface area contributed by atoms with Crippen molar-refractivity contribution < 1.29 is 14.1 Å². The predicted octanol–water partition coefficient (Wildman–Crippen LogP) is 3.14. The fourth-order valence-electron chi connectivity index (χ4n) is 1.46. The maximum atomic E-state index is 13.6. The van der Waals surface area contributed by atoms with Crippen LogP contribution in [0.1, 0.15) is 10.4 Å². The fraction of sp³-hybridized carbons (Fsp3) is 0. The lowest BCUT2D eigenvalue weighted by molar-refractivity contribution is -0.385. The van der Waals surface area contributed by atoms with Gasteiger partial charge in [0.15, 0.2) is 5.82 Å². The number of anilines is 1. The van der Waals surface area contributed by atoms with Crippen LogP contribution in [0.4, 0.5) is 15.8 Å². The number of amides is 1. The number of halogens is 2. The number of nitrogens with zero attached hydrogens (tertiary/aromatic N) is 2. The van der Waals surface area contributed by atoms with Crippen LogP contribution in [0.5, 0.6) is 0 Å². The van der Waals surface area contributed by atoms with E-state index in [0.717, 1.165) is 18.2 Å². The number of benzene rings is 1. The number of rotatable bonds is 3. The summed E-state index contributed by atoms with van der Waals surface area (Å²) < 4.78 is 14.0. The van der Waals surface area contributed by atoms with E-state index in [1.807, 2.05) is 0 Å². The number of carbonyl (C=O) groups is 1. The van der Waals surface area contributed by atoms with E-state index in [2.05, 4.69) is 26.2 Å². The largest absolute Gasteiger partial charge is 0.319 e. The Bertz CT molecular complexity index is 693. The van der Waals surface area contributed by atoms with Crippen LogP contribution in [0.2, 0.25) is 0 Å². The van der Waals surface area contributed by atoms with Gasteiger partial charge in [0.2, 0.25) is 0 Å². The van der Waals surface area contributed by atoms with Crippen molar-refractivity contribution in [2.75, 3.05) is 5.32 Å². The molecular weight excluding hydrogens is 333 g/mol. The van der Waals surface area contributed by atoms with Gasteiger partial charge in [-0.05, 0) is 34.1 Å². The number of carbonyl (C=O) groups excluding carboxylic acids is 1. The summed E-state index contributed by atoms with van der Waals surface area (Å²) in [5.74, 6) is -1.45. The Hall–Kier alpha value is -2.35. The maximum Gasteiger partial charge on any atom is 0.272 e. The number of pyridine rings is 1. The molecule has 0 aliphatic heterocycles. The fourth-order valence-corrected chi connectivity index (χ4v) is 1.89. The average molecular weight is 340 g/mol. The minimum absolute atomic E-state index is 0.142. The van der Waals surface area contributed by atoms with Crippen LogP contribution in [0, 0.1) is 15.9 Å². The molecule has 0 aliphatic rings. The van der Waals surface area contributed by atoms with Crippen molar-refractivity contribution >= 4 is 33.2 Å².